The van der Waals surface area contributed by atoms with E-state index in [9.17, 15) is 0 Å². The van der Waals surface area contributed by atoms with Crippen LogP contribution in [0.5, 0.6) is 0 Å². The summed E-state index contributed by atoms with van der Waals surface area (Å²) in [6.07, 6.45) is 0.807. The number of aliphatic hydroxyl groups is 1. The molecule has 5 heteroatoms. The van der Waals surface area contributed by atoms with Gasteiger partial charge in [-0.25, -0.2) is 0 Å². The second kappa shape index (κ2) is 6.03. The molecule has 0 radical (unpaired) electrons. The molecule has 1 rings (SSSR count). The molecular weight excluding hydrogens is 200 g/mol. The highest BCUT2D eigenvalue weighted by molar-refractivity contribution is 7.98. The molecule has 1 atom stereocenters. The third kappa shape index (κ3) is 3.67. The van der Waals surface area contributed by atoms with Gasteiger partial charge in [0.25, 0.3) is 0 Å². The predicted molar refractivity (Wildman–Crippen MR) is 56.1 cm³/mol. The van der Waals surface area contributed by atoms with Crippen molar-refractivity contribution in [2.45, 2.75) is 26.0 Å². The first-order chi connectivity index (χ1) is 6.76. The summed E-state index contributed by atoms with van der Waals surface area (Å²) in [7, 11) is 0. The minimum absolute atomic E-state index is 0.233. The van der Waals surface area contributed by atoms with Gasteiger partial charge in [0.15, 0.2) is 5.82 Å². The van der Waals surface area contributed by atoms with E-state index in [1.54, 1.807) is 11.8 Å². The van der Waals surface area contributed by atoms with E-state index in [-0.39, 0.29) is 6.61 Å². The number of aromatic nitrogens is 2. The first-order valence-corrected chi connectivity index (χ1v) is 5.91. The largest absolute Gasteiger partial charge is 0.396 e. The minimum Gasteiger partial charge on any atom is -0.396 e. The van der Waals surface area contributed by atoms with Crippen molar-refractivity contribution in [1.82, 2.24) is 10.1 Å². The third-order valence-corrected chi connectivity index (χ3v) is 3.02. The lowest BCUT2D eigenvalue weighted by Crippen LogP contribution is -2.03. The lowest BCUT2D eigenvalue weighted by molar-refractivity contribution is 0.250. The van der Waals surface area contributed by atoms with Crippen LogP contribution in [0.2, 0.25) is 0 Å². The van der Waals surface area contributed by atoms with Gasteiger partial charge in [-0.15, -0.1) is 0 Å². The van der Waals surface area contributed by atoms with Crippen LogP contribution in [0.15, 0.2) is 4.52 Å². The molecule has 80 valence electrons. The Labute approximate surface area is 88.1 Å². The maximum atomic E-state index is 8.81. The molecule has 0 saturated heterocycles. The van der Waals surface area contributed by atoms with Crippen LogP contribution in [0.1, 0.15) is 25.6 Å². The van der Waals surface area contributed by atoms with Gasteiger partial charge < -0.3 is 9.63 Å². The highest BCUT2D eigenvalue weighted by atomic mass is 32.2. The average molecular weight is 216 g/mol. The number of aliphatic hydroxyl groups excluding tert-OH is 1. The third-order valence-electron chi connectivity index (χ3n) is 1.77. The summed E-state index contributed by atoms with van der Waals surface area (Å²) in [6, 6.07) is 0. The molecule has 1 heterocycles. The number of hydrogen-bond acceptors (Lipinski definition) is 5. The molecule has 0 saturated carbocycles. The van der Waals surface area contributed by atoms with Gasteiger partial charge in [0, 0.05) is 13.0 Å². The molecule has 0 aromatic carbocycles. The van der Waals surface area contributed by atoms with E-state index in [4.69, 9.17) is 9.63 Å². The van der Waals surface area contributed by atoms with Crippen molar-refractivity contribution in [2.24, 2.45) is 5.92 Å². The van der Waals surface area contributed by atoms with Gasteiger partial charge in [0.2, 0.25) is 5.89 Å². The Hall–Kier alpha value is -0.550. The van der Waals surface area contributed by atoms with Crippen molar-refractivity contribution in [3.05, 3.63) is 11.7 Å². The predicted octanol–water partition coefficient (Wildman–Crippen LogP) is 1.49. The monoisotopic (exact) mass is 216 g/mol. The van der Waals surface area contributed by atoms with Crippen molar-refractivity contribution >= 4 is 11.8 Å². The molecule has 1 unspecified atom stereocenters. The van der Waals surface area contributed by atoms with E-state index < -0.39 is 0 Å². The van der Waals surface area contributed by atoms with Crippen molar-refractivity contribution in [3.8, 4) is 0 Å². The summed E-state index contributed by atoms with van der Waals surface area (Å²) in [5, 5.41) is 12.6. The fraction of sp³-hybridized carbons (Fsp3) is 0.778. The Kier molecular flexibility index (Phi) is 4.97. The van der Waals surface area contributed by atoms with E-state index in [1.165, 1.54) is 0 Å². The maximum absolute atomic E-state index is 8.81. The fourth-order valence-electron chi connectivity index (χ4n) is 0.893. The number of hydrogen-bond donors (Lipinski definition) is 1. The zero-order valence-corrected chi connectivity index (χ0v) is 9.38. The van der Waals surface area contributed by atoms with E-state index in [0.717, 1.165) is 23.8 Å². The van der Waals surface area contributed by atoms with Crippen LogP contribution in [0, 0.1) is 5.92 Å². The normalized spacial score (nSPS) is 13.1. The summed E-state index contributed by atoms with van der Waals surface area (Å²) in [6.45, 7) is 4.24. The Morgan fingerprint density at radius 3 is 2.93 bits per heavy atom. The minimum atomic E-state index is 0.233. The summed E-state index contributed by atoms with van der Waals surface area (Å²) in [5.74, 6) is 3.42. The van der Waals surface area contributed by atoms with Gasteiger partial charge >= 0.3 is 0 Å². The van der Waals surface area contributed by atoms with Crippen LogP contribution in [-0.2, 0) is 12.2 Å². The quantitative estimate of drug-likeness (QED) is 0.780. The topological polar surface area (TPSA) is 59.2 Å². The summed E-state index contributed by atoms with van der Waals surface area (Å²) >= 11 is 1.71. The molecule has 4 nitrogen and oxygen atoms in total. The SMILES string of the molecule is CCc1noc(CSCC(C)CO)n1. The summed E-state index contributed by atoms with van der Waals surface area (Å²) in [5.41, 5.74) is 0. The molecule has 1 aromatic rings. The lowest BCUT2D eigenvalue weighted by atomic mass is 10.2. The van der Waals surface area contributed by atoms with E-state index in [2.05, 4.69) is 10.1 Å². The molecular formula is C9H16N2O2S. The van der Waals surface area contributed by atoms with Crippen LogP contribution < -0.4 is 0 Å². The zero-order chi connectivity index (χ0) is 10.4. The second-order valence-electron chi connectivity index (χ2n) is 3.26. The Bertz CT molecular complexity index is 265. The van der Waals surface area contributed by atoms with Gasteiger partial charge in [0.1, 0.15) is 0 Å². The molecule has 1 aromatic heterocycles. The Balaban J connectivity index is 2.24. The molecule has 0 aliphatic heterocycles. The van der Waals surface area contributed by atoms with E-state index in [0.29, 0.717) is 11.8 Å². The van der Waals surface area contributed by atoms with Gasteiger partial charge in [-0.3, -0.25) is 0 Å². The van der Waals surface area contributed by atoms with Crippen LogP contribution in [0.4, 0.5) is 0 Å². The van der Waals surface area contributed by atoms with Crippen molar-refractivity contribution in [3.63, 3.8) is 0 Å². The number of nitrogens with zero attached hydrogens (tertiary/aromatic N) is 2. The average Bonchev–Trinajstić information content (AvgIpc) is 2.65. The first kappa shape index (κ1) is 11.5. The molecule has 0 aliphatic carbocycles. The van der Waals surface area contributed by atoms with Crippen LogP contribution in [0.3, 0.4) is 0 Å². The molecule has 0 fully saturated rings. The van der Waals surface area contributed by atoms with E-state index in [1.807, 2.05) is 13.8 Å². The molecule has 0 amide bonds. The molecule has 1 N–H and O–H groups in total. The highest BCUT2D eigenvalue weighted by Gasteiger charge is 2.06. The fourth-order valence-corrected chi connectivity index (χ4v) is 1.81. The van der Waals surface area contributed by atoms with Crippen LogP contribution in [-0.4, -0.2) is 27.6 Å². The van der Waals surface area contributed by atoms with Gasteiger partial charge in [0.05, 0.1) is 5.75 Å². The van der Waals surface area contributed by atoms with Crippen LogP contribution >= 0.6 is 11.8 Å². The van der Waals surface area contributed by atoms with Gasteiger partial charge in [-0.2, -0.15) is 16.7 Å². The standard InChI is InChI=1S/C9H16N2O2S/c1-3-8-10-9(13-11-8)6-14-5-7(2)4-12/h7,12H,3-6H2,1-2H3. The molecule has 0 aliphatic rings. The molecule has 0 spiro atoms. The highest BCUT2D eigenvalue weighted by Crippen LogP contribution is 2.13. The maximum Gasteiger partial charge on any atom is 0.236 e. The number of rotatable bonds is 6. The smallest absolute Gasteiger partial charge is 0.236 e. The zero-order valence-electron chi connectivity index (χ0n) is 8.56. The van der Waals surface area contributed by atoms with Crippen LogP contribution in [0.25, 0.3) is 0 Å². The Morgan fingerprint density at radius 2 is 2.36 bits per heavy atom. The first-order valence-electron chi connectivity index (χ1n) is 4.76. The van der Waals surface area contributed by atoms with Gasteiger partial charge in [-0.05, 0) is 11.7 Å². The summed E-state index contributed by atoms with van der Waals surface area (Å²) in [4.78, 5) is 4.19. The lowest BCUT2D eigenvalue weighted by Gasteiger charge is -2.04. The number of thioether (sulfide) groups is 1. The summed E-state index contributed by atoms with van der Waals surface area (Å²) < 4.78 is 5.03. The van der Waals surface area contributed by atoms with Gasteiger partial charge in [-0.1, -0.05) is 19.0 Å². The van der Waals surface area contributed by atoms with E-state index >= 15 is 0 Å². The second-order valence-corrected chi connectivity index (χ2v) is 4.29. The number of aryl methyl sites for hydroxylation is 1. The Morgan fingerprint density at radius 1 is 1.57 bits per heavy atom. The van der Waals surface area contributed by atoms with Crippen molar-refractivity contribution in [2.75, 3.05) is 12.4 Å². The van der Waals surface area contributed by atoms with Crippen molar-refractivity contribution < 1.29 is 9.63 Å². The van der Waals surface area contributed by atoms with Crippen molar-refractivity contribution in [1.29, 1.82) is 0 Å². The molecule has 0 bridgehead atoms. The molecule has 14 heavy (non-hydrogen) atoms.